The second kappa shape index (κ2) is 10.8. The lowest BCUT2D eigenvalue weighted by molar-refractivity contribution is -0.127. The summed E-state index contributed by atoms with van der Waals surface area (Å²) in [6, 6.07) is 18.0. The van der Waals surface area contributed by atoms with E-state index in [4.69, 9.17) is 25.8 Å². The average molecular weight is 482 g/mol. The third-order valence-electron chi connectivity index (χ3n) is 4.80. The van der Waals surface area contributed by atoms with Crippen LogP contribution >= 0.6 is 11.6 Å². The number of amides is 1. The number of aromatic nitrogens is 4. The molecule has 1 unspecified atom stereocenters. The Balaban J connectivity index is 1.31. The molecule has 10 heteroatoms. The lowest BCUT2D eigenvalue weighted by Gasteiger charge is -2.15. The Bertz CT molecular complexity index is 1280. The largest absolute Gasteiger partial charge is 0.494 e. The van der Waals surface area contributed by atoms with Crippen molar-refractivity contribution in [2.24, 2.45) is 0 Å². The van der Waals surface area contributed by atoms with Gasteiger partial charge in [-0.25, -0.2) is 0 Å². The molecule has 0 aliphatic carbocycles. The summed E-state index contributed by atoms with van der Waals surface area (Å²) in [5, 5.41) is 16.1. The molecule has 0 saturated carbocycles. The first-order valence-electron chi connectivity index (χ1n) is 10.8. The maximum Gasteiger partial charge on any atom is 0.260 e. The highest BCUT2D eigenvalue weighted by Crippen LogP contribution is 2.26. The number of halogens is 1. The average Bonchev–Trinajstić information content (AvgIpc) is 3.25. The van der Waals surface area contributed by atoms with Crippen LogP contribution in [-0.2, 0) is 4.79 Å². The van der Waals surface area contributed by atoms with Gasteiger partial charge in [-0.15, -0.1) is 15.3 Å². The number of nitrogens with one attached hydrogen (secondary N) is 1. The van der Waals surface area contributed by atoms with Crippen molar-refractivity contribution in [1.82, 2.24) is 25.1 Å². The molecule has 1 N–H and O–H groups in total. The highest BCUT2D eigenvalue weighted by Gasteiger charge is 2.15. The number of carbonyl (C=O) groups excluding carboxylic acids is 1. The number of hydrogen-bond acceptors (Lipinski definition) is 7. The number of ether oxygens (including phenoxy) is 3. The summed E-state index contributed by atoms with van der Waals surface area (Å²) < 4.78 is 18.4. The maximum absolute atomic E-state index is 12.4. The molecule has 0 spiro atoms. The van der Waals surface area contributed by atoms with Crippen LogP contribution in [0.15, 0.2) is 60.7 Å². The van der Waals surface area contributed by atoms with Crippen LogP contribution in [0.3, 0.4) is 0 Å². The molecule has 34 heavy (non-hydrogen) atoms. The van der Waals surface area contributed by atoms with Crippen LogP contribution in [-0.4, -0.2) is 51.6 Å². The van der Waals surface area contributed by atoms with E-state index in [2.05, 4.69) is 20.6 Å². The summed E-state index contributed by atoms with van der Waals surface area (Å²) in [4.78, 5) is 12.4. The van der Waals surface area contributed by atoms with E-state index in [1.165, 1.54) is 0 Å². The third kappa shape index (κ3) is 5.55. The fourth-order valence-electron chi connectivity index (χ4n) is 3.19. The van der Waals surface area contributed by atoms with Crippen LogP contribution in [0, 0.1) is 0 Å². The summed E-state index contributed by atoms with van der Waals surface area (Å²) in [6.45, 7) is 4.65. The van der Waals surface area contributed by atoms with Gasteiger partial charge in [-0.1, -0.05) is 29.8 Å². The lowest BCUT2D eigenvalue weighted by atomic mass is 10.2. The third-order valence-corrected chi connectivity index (χ3v) is 5.13. The molecular weight excluding hydrogens is 458 g/mol. The molecule has 2 aromatic heterocycles. The summed E-state index contributed by atoms with van der Waals surface area (Å²) in [5.74, 6) is 1.88. The first-order valence-corrected chi connectivity index (χ1v) is 11.2. The Morgan fingerprint density at radius 1 is 1.06 bits per heavy atom. The minimum absolute atomic E-state index is 0.223. The topological polar surface area (TPSA) is 99.9 Å². The number of rotatable bonds is 10. The Kier molecular flexibility index (Phi) is 7.44. The van der Waals surface area contributed by atoms with E-state index >= 15 is 0 Å². The number of benzene rings is 2. The Labute approximate surface area is 201 Å². The second-order valence-electron chi connectivity index (χ2n) is 7.25. The van der Waals surface area contributed by atoms with E-state index in [-0.39, 0.29) is 19.1 Å². The number of nitrogens with zero attached hydrogens (tertiary/aromatic N) is 4. The Hall–Kier alpha value is -3.85. The van der Waals surface area contributed by atoms with Gasteiger partial charge < -0.3 is 19.5 Å². The van der Waals surface area contributed by atoms with E-state index in [1.807, 2.05) is 37.3 Å². The highest BCUT2D eigenvalue weighted by atomic mass is 35.5. The smallest absolute Gasteiger partial charge is 0.260 e. The number of carbonyl (C=O) groups is 1. The zero-order chi connectivity index (χ0) is 23.9. The quantitative estimate of drug-likeness (QED) is 0.344. The maximum atomic E-state index is 12.4. The predicted molar refractivity (Wildman–Crippen MR) is 127 cm³/mol. The summed E-state index contributed by atoms with van der Waals surface area (Å²) >= 11 is 6.29. The van der Waals surface area contributed by atoms with E-state index in [9.17, 15) is 4.79 Å². The molecule has 0 aliphatic heterocycles. The molecule has 4 aromatic rings. The van der Waals surface area contributed by atoms with Crippen molar-refractivity contribution < 1.29 is 19.0 Å². The zero-order valence-corrected chi connectivity index (χ0v) is 19.5. The standard InChI is InChI=1S/C24H24ClN5O4/c1-3-32-17-7-6-8-18(15-17)34-16(2)24(31)26-13-14-33-22-12-11-21-27-28-23(30(21)29-22)19-9-4-5-10-20(19)25/h4-12,15-16H,3,13-14H2,1-2H3,(H,26,31). The molecule has 0 fully saturated rings. The molecule has 4 rings (SSSR count). The summed E-state index contributed by atoms with van der Waals surface area (Å²) in [6.07, 6.45) is -0.679. The Morgan fingerprint density at radius 2 is 1.88 bits per heavy atom. The van der Waals surface area contributed by atoms with E-state index in [0.29, 0.717) is 40.5 Å². The molecule has 1 amide bonds. The molecule has 9 nitrogen and oxygen atoms in total. The van der Waals surface area contributed by atoms with Crippen LogP contribution in [0.4, 0.5) is 0 Å². The predicted octanol–water partition coefficient (Wildman–Crippen LogP) is 3.81. The van der Waals surface area contributed by atoms with Gasteiger partial charge in [0.15, 0.2) is 17.6 Å². The second-order valence-corrected chi connectivity index (χ2v) is 7.66. The van der Waals surface area contributed by atoms with Gasteiger partial charge in [0.05, 0.1) is 18.2 Å². The van der Waals surface area contributed by atoms with Gasteiger partial charge in [0, 0.05) is 17.7 Å². The van der Waals surface area contributed by atoms with Crippen LogP contribution < -0.4 is 19.5 Å². The first kappa shape index (κ1) is 23.3. The van der Waals surface area contributed by atoms with Crippen molar-refractivity contribution in [3.05, 3.63) is 65.7 Å². The highest BCUT2D eigenvalue weighted by molar-refractivity contribution is 6.33. The minimum Gasteiger partial charge on any atom is -0.494 e. The summed E-state index contributed by atoms with van der Waals surface area (Å²) in [5.41, 5.74) is 1.28. The van der Waals surface area contributed by atoms with Crippen LogP contribution in [0.1, 0.15) is 13.8 Å². The normalized spacial score (nSPS) is 11.7. The molecule has 0 bridgehead atoms. The van der Waals surface area contributed by atoms with Gasteiger partial charge in [-0.05, 0) is 44.2 Å². The molecule has 1 atom stereocenters. The van der Waals surface area contributed by atoms with Crippen molar-refractivity contribution in [2.75, 3.05) is 19.8 Å². The number of fused-ring (bicyclic) bond motifs is 1. The first-order chi connectivity index (χ1) is 16.5. The van der Waals surface area contributed by atoms with Gasteiger partial charge in [-0.2, -0.15) is 4.52 Å². The fraction of sp³-hybridized carbons (Fsp3) is 0.250. The van der Waals surface area contributed by atoms with E-state index < -0.39 is 6.10 Å². The van der Waals surface area contributed by atoms with Crippen LogP contribution in [0.25, 0.3) is 17.0 Å². The fourth-order valence-corrected chi connectivity index (χ4v) is 3.41. The van der Waals surface area contributed by atoms with Gasteiger partial charge in [-0.3, -0.25) is 4.79 Å². The Morgan fingerprint density at radius 3 is 2.71 bits per heavy atom. The molecule has 2 aromatic carbocycles. The van der Waals surface area contributed by atoms with Crippen molar-refractivity contribution in [1.29, 1.82) is 0 Å². The van der Waals surface area contributed by atoms with Crippen LogP contribution in [0.2, 0.25) is 5.02 Å². The van der Waals surface area contributed by atoms with Gasteiger partial charge in [0.2, 0.25) is 5.88 Å². The molecule has 0 aliphatic rings. The molecular formula is C24H24ClN5O4. The van der Waals surface area contributed by atoms with Gasteiger partial charge in [0.1, 0.15) is 18.1 Å². The lowest BCUT2D eigenvalue weighted by Crippen LogP contribution is -2.38. The van der Waals surface area contributed by atoms with E-state index in [0.717, 1.165) is 5.56 Å². The molecule has 0 saturated heterocycles. The molecule has 2 heterocycles. The van der Waals surface area contributed by atoms with Crippen molar-refractivity contribution in [3.8, 4) is 28.8 Å². The number of hydrogen-bond donors (Lipinski definition) is 1. The molecule has 0 radical (unpaired) electrons. The zero-order valence-electron chi connectivity index (χ0n) is 18.8. The molecule has 176 valence electrons. The summed E-state index contributed by atoms with van der Waals surface area (Å²) in [7, 11) is 0. The van der Waals surface area contributed by atoms with Crippen molar-refractivity contribution in [2.45, 2.75) is 20.0 Å². The van der Waals surface area contributed by atoms with Crippen molar-refractivity contribution >= 4 is 23.2 Å². The monoisotopic (exact) mass is 481 g/mol. The van der Waals surface area contributed by atoms with E-state index in [1.54, 1.807) is 41.8 Å². The minimum atomic E-state index is -0.679. The van der Waals surface area contributed by atoms with Gasteiger partial charge in [0.25, 0.3) is 5.91 Å². The SMILES string of the molecule is CCOc1cccc(OC(C)C(=O)NCCOc2ccc3nnc(-c4ccccc4Cl)n3n2)c1. The van der Waals surface area contributed by atoms with Crippen molar-refractivity contribution in [3.63, 3.8) is 0 Å². The van der Waals surface area contributed by atoms with Crippen LogP contribution in [0.5, 0.6) is 17.4 Å². The van der Waals surface area contributed by atoms with Gasteiger partial charge >= 0.3 is 0 Å².